The van der Waals surface area contributed by atoms with Crippen molar-refractivity contribution in [1.29, 1.82) is 0 Å². The Bertz CT molecular complexity index is 829. The zero-order chi connectivity index (χ0) is 18.1. The Kier molecular flexibility index (Phi) is 4.11. The van der Waals surface area contributed by atoms with E-state index in [0.29, 0.717) is 25.2 Å². The summed E-state index contributed by atoms with van der Waals surface area (Å²) in [5.41, 5.74) is 2.40. The van der Waals surface area contributed by atoms with E-state index in [4.69, 9.17) is 0 Å². The Hall–Kier alpha value is -2.89. The van der Waals surface area contributed by atoms with Crippen molar-refractivity contribution < 1.29 is 9.59 Å². The maximum Gasteiger partial charge on any atom is 0.253 e. The summed E-state index contributed by atoms with van der Waals surface area (Å²) >= 11 is 0. The minimum atomic E-state index is -0.185. The highest BCUT2D eigenvalue weighted by Gasteiger charge is 2.41. The fraction of sp³-hybridized carbons (Fsp3) is 0.350. The molecule has 0 aliphatic carbocycles. The van der Waals surface area contributed by atoms with Crippen molar-refractivity contribution in [2.45, 2.75) is 25.3 Å². The first-order chi connectivity index (χ1) is 12.6. The summed E-state index contributed by atoms with van der Waals surface area (Å²) < 4.78 is 0. The molecule has 0 atom stereocenters. The normalized spacial score (nSPS) is 18.2. The Balaban J connectivity index is 1.52. The summed E-state index contributed by atoms with van der Waals surface area (Å²) in [6, 6.07) is 11.4. The van der Waals surface area contributed by atoms with Crippen LogP contribution in [0.15, 0.2) is 48.8 Å². The number of nitrogens with zero attached hydrogens (tertiary/aromatic N) is 3. The number of likely N-dealkylation sites (tertiary alicyclic amines) is 1. The third-order valence-electron chi connectivity index (χ3n) is 5.37. The first-order valence-electron chi connectivity index (χ1n) is 8.93. The van der Waals surface area contributed by atoms with Crippen LogP contribution in [0.4, 0.5) is 11.4 Å². The summed E-state index contributed by atoms with van der Waals surface area (Å²) in [6.07, 6.45) is 4.90. The van der Waals surface area contributed by atoms with E-state index < -0.39 is 0 Å². The quantitative estimate of drug-likeness (QED) is 0.858. The van der Waals surface area contributed by atoms with Crippen LogP contribution in [0.25, 0.3) is 0 Å². The molecule has 0 radical (unpaired) electrons. The molecule has 0 saturated carbocycles. The number of aromatic nitrogens is 1. The topological polar surface area (TPSA) is 65.5 Å². The van der Waals surface area contributed by atoms with Gasteiger partial charge < -0.3 is 15.1 Å². The molecule has 2 amide bonds. The molecule has 2 aliphatic heterocycles. The van der Waals surface area contributed by atoms with Crippen LogP contribution in [0.5, 0.6) is 0 Å². The first-order valence-corrected chi connectivity index (χ1v) is 8.93. The van der Waals surface area contributed by atoms with Crippen molar-refractivity contribution >= 4 is 23.2 Å². The second-order valence-electron chi connectivity index (χ2n) is 7.06. The SMILES string of the molecule is CC(=O)N1CC2(CCN(C(=O)c3ccncc3)CC2)Nc2ccccc21. The fourth-order valence-corrected chi connectivity index (χ4v) is 3.91. The molecule has 1 spiro atoms. The van der Waals surface area contributed by atoms with Gasteiger partial charge in [-0.1, -0.05) is 12.1 Å². The van der Waals surface area contributed by atoms with Crippen LogP contribution in [0.3, 0.4) is 0 Å². The summed E-state index contributed by atoms with van der Waals surface area (Å²) in [6.45, 7) is 3.58. The Morgan fingerprint density at radius 3 is 2.46 bits per heavy atom. The molecule has 0 unspecified atom stereocenters. The summed E-state index contributed by atoms with van der Waals surface area (Å²) in [7, 11) is 0. The van der Waals surface area contributed by atoms with Crippen LogP contribution in [0.1, 0.15) is 30.1 Å². The van der Waals surface area contributed by atoms with Gasteiger partial charge in [0.25, 0.3) is 5.91 Å². The molecule has 3 heterocycles. The lowest BCUT2D eigenvalue weighted by Crippen LogP contribution is -2.59. The summed E-state index contributed by atoms with van der Waals surface area (Å²) in [5, 5.41) is 3.65. The number of carbonyl (C=O) groups is 2. The predicted octanol–water partition coefficient (Wildman–Crippen LogP) is 2.54. The van der Waals surface area contributed by atoms with E-state index in [1.165, 1.54) is 0 Å². The number of carbonyl (C=O) groups excluding carboxylic acids is 2. The molecule has 1 fully saturated rings. The van der Waals surface area contributed by atoms with Crippen molar-refractivity contribution in [3.8, 4) is 0 Å². The maximum absolute atomic E-state index is 12.7. The molecule has 2 aliphatic rings. The highest BCUT2D eigenvalue weighted by atomic mass is 16.2. The molecule has 6 nitrogen and oxygen atoms in total. The molecule has 1 aromatic heterocycles. The van der Waals surface area contributed by atoms with E-state index in [2.05, 4.69) is 10.3 Å². The van der Waals surface area contributed by atoms with Gasteiger partial charge in [0.05, 0.1) is 16.9 Å². The number of benzene rings is 1. The first kappa shape index (κ1) is 16.6. The lowest BCUT2D eigenvalue weighted by molar-refractivity contribution is -0.116. The Morgan fingerprint density at radius 1 is 1.08 bits per heavy atom. The second-order valence-corrected chi connectivity index (χ2v) is 7.06. The molecule has 4 rings (SSSR count). The molecule has 0 bridgehead atoms. The van der Waals surface area contributed by atoms with Crippen LogP contribution in [-0.2, 0) is 4.79 Å². The minimum absolute atomic E-state index is 0.0434. The van der Waals surface area contributed by atoms with Crippen molar-refractivity contribution in [2.75, 3.05) is 29.9 Å². The summed E-state index contributed by atoms with van der Waals surface area (Å²) in [5.74, 6) is 0.0931. The van der Waals surface area contributed by atoms with Gasteiger partial charge in [-0.2, -0.15) is 0 Å². The molecular weight excluding hydrogens is 328 g/mol. The van der Waals surface area contributed by atoms with Gasteiger partial charge in [-0.05, 0) is 37.1 Å². The average Bonchev–Trinajstić information content (AvgIpc) is 2.68. The lowest BCUT2D eigenvalue weighted by Gasteiger charge is -2.49. The molecular formula is C20H22N4O2. The molecule has 26 heavy (non-hydrogen) atoms. The van der Waals surface area contributed by atoms with E-state index >= 15 is 0 Å². The molecule has 134 valence electrons. The van der Waals surface area contributed by atoms with Gasteiger partial charge in [0.1, 0.15) is 0 Å². The van der Waals surface area contributed by atoms with Gasteiger partial charge in [0.15, 0.2) is 0 Å². The van der Waals surface area contributed by atoms with Gasteiger partial charge in [0, 0.05) is 44.5 Å². The van der Waals surface area contributed by atoms with Crippen molar-refractivity contribution in [3.05, 3.63) is 54.4 Å². The van der Waals surface area contributed by atoms with E-state index in [-0.39, 0.29) is 17.4 Å². The van der Waals surface area contributed by atoms with E-state index in [1.54, 1.807) is 31.5 Å². The molecule has 6 heteroatoms. The van der Waals surface area contributed by atoms with Crippen molar-refractivity contribution in [3.63, 3.8) is 0 Å². The van der Waals surface area contributed by atoms with Gasteiger partial charge in [-0.25, -0.2) is 0 Å². The minimum Gasteiger partial charge on any atom is -0.376 e. The third kappa shape index (κ3) is 2.92. The van der Waals surface area contributed by atoms with Gasteiger partial charge in [-0.15, -0.1) is 0 Å². The van der Waals surface area contributed by atoms with E-state index in [0.717, 1.165) is 24.2 Å². The predicted molar refractivity (Wildman–Crippen MR) is 100 cm³/mol. The van der Waals surface area contributed by atoms with E-state index in [9.17, 15) is 9.59 Å². The molecule has 2 aromatic rings. The largest absolute Gasteiger partial charge is 0.376 e. The van der Waals surface area contributed by atoms with Crippen LogP contribution in [-0.4, -0.2) is 46.9 Å². The third-order valence-corrected chi connectivity index (χ3v) is 5.37. The van der Waals surface area contributed by atoms with Crippen molar-refractivity contribution in [1.82, 2.24) is 9.88 Å². The number of para-hydroxylation sites is 2. The second kappa shape index (κ2) is 6.44. The standard InChI is InChI=1S/C20H22N4O2/c1-15(25)24-14-20(22-17-4-2-3-5-18(17)24)8-12-23(13-9-20)19(26)16-6-10-21-11-7-16/h2-7,10-11,22H,8-9,12-14H2,1H3. The number of amides is 2. The number of fused-ring (bicyclic) bond motifs is 1. The molecule has 1 aromatic carbocycles. The van der Waals surface area contributed by atoms with Crippen LogP contribution in [0.2, 0.25) is 0 Å². The number of hydrogen-bond acceptors (Lipinski definition) is 4. The van der Waals surface area contributed by atoms with Gasteiger partial charge in [0.2, 0.25) is 5.91 Å². The van der Waals surface area contributed by atoms with Crippen LogP contribution >= 0.6 is 0 Å². The number of nitrogens with one attached hydrogen (secondary N) is 1. The van der Waals surface area contributed by atoms with Gasteiger partial charge >= 0.3 is 0 Å². The highest BCUT2D eigenvalue weighted by Crippen LogP contribution is 2.39. The Labute approximate surface area is 152 Å². The highest BCUT2D eigenvalue weighted by molar-refractivity contribution is 5.97. The number of rotatable bonds is 1. The smallest absolute Gasteiger partial charge is 0.253 e. The van der Waals surface area contributed by atoms with Crippen molar-refractivity contribution in [2.24, 2.45) is 0 Å². The van der Waals surface area contributed by atoms with Gasteiger partial charge in [-0.3, -0.25) is 14.6 Å². The number of piperidine rings is 1. The monoisotopic (exact) mass is 350 g/mol. The van der Waals surface area contributed by atoms with Crippen LogP contribution < -0.4 is 10.2 Å². The Morgan fingerprint density at radius 2 is 1.77 bits per heavy atom. The maximum atomic E-state index is 12.7. The average molecular weight is 350 g/mol. The van der Waals surface area contributed by atoms with E-state index in [1.807, 2.05) is 34.1 Å². The summed E-state index contributed by atoms with van der Waals surface area (Å²) in [4.78, 5) is 32.5. The molecule has 1 saturated heterocycles. The van der Waals surface area contributed by atoms with Crippen LogP contribution in [0, 0.1) is 0 Å². The molecule has 1 N–H and O–H groups in total. The zero-order valence-corrected chi connectivity index (χ0v) is 14.8. The number of hydrogen-bond donors (Lipinski definition) is 1. The number of pyridine rings is 1. The zero-order valence-electron chi connectivity index (χ0n) is 14.8. The fourth-order valence-electron chi connectivity index (χ4n) is 3.91. The lowest BCUT2D eigenvalue weighted by atomic mass is 9.84. The number of anilines is 2.